The van der Waals surface area contributed by atoms with Crippen LogP contribution in [0.2, 0.25) is 0 Å². The van der Waals surface area contributed by atoms with Crippen LogP contribution < -0.4 is 0 Å². The van der Waals surface area contributed by atoms with Gasteiger partial charge in [0.05, 0.1) is 13.4 Å². The van der Waals surface area contributed by atoms with Gasteiger partial charge in [-0.1, -0.05) is 51.2 Å². The third kappa shape index (κ3) is 3.11. The molecule has 0 saturated heterocycles. The molecule has 2 aliphatic carbocycles. The topological polar surface area (TPSA) is 44.8 Å². The predicted molar refractivity (Wildman–Crippen MR) is 91.9 cm³/mol. The highest BCUT2D eigenvalue weighted by atomic mass is 16.7. The second kappa shape index (κ2) is 6.44. The normalized spacial score (nSPS) is 29.3. The van der Waals surface area contributed by atoms with Crippen molar-refractivity contribution in [1.29, 1.82) is 0 Å². The Kier molecular flexibility index (Phi) is 4.50. The molecular formula is C20H24O4. The first-order valence-electron chi connectivity index (χ1n) is 8.29. The van der Waals surface area contributed by atoms with Gasteiger partial charge in [0.1, 0.15) is 6.10 Å². The highest BCUT2D eigenvalue weighted by Crippen LogP contribution is 2.41. The van der Waals surface area contributed by atoms with Crippen molar-refractivity contribution >= 4 is 5.97 Å². The van der Waals surface area contributed by atoms with Crippen LogP contribution in [0.15, 0.2) is 58.9 Å². The van der Waals surface area contributed by atoms with Gasteiger partial charge in [-0.25, -0.2) is 4.79 Å². The molecule has 0 N–H and O–H groups in total. The van der Waals surface area contributed by atoms with Gasteiger partial charge in [-0.15, -0.1) is 0 Å². The van der Waals surface area contributed by atoms with Crippen LogP contribution >= 0.6 is 0 Å². The highest BCUT2D eigenvalue weighted by molar-refractivity contribution is 5.73. The number of ether oxygens (including phenoxy) is 3. The molecular weight excluding hydrogens is 304 g/mol. The van der Waals surface area contributed by atoms with Gasteiger partial charge in [0.25, 0.3) is 6.29 Å². The molecule has 1 heterocycles. The van der Waals surface area contributed by atoms with Gasteiger partial charge in [0.2, 0.25) is 0 Å². The Morgan fingerprint density at radius 3 is 2.79 bits per heavy atom. The molecule has 2 unspecified atom stereocenters. The van der Waals surface area contributed by atoms with E-state index in [-0.39, 0.29) is 11.5 Å². The molecule has 4 heteroatoms. The fourth-order valence-electron chi connectivity index (χ4n) is 3.25. The van der Waals surface area contributed by atoms with Crippen LogP contribution in [0, 0.1) is 5.41 Å². The van der Waals surface area contributed by atoms with E-state index in [1.165, 1.54) is 12.7 Å². The predicted octanol–water partition coefficient (Wildman–Crippen LogP) is 3.97. The van der Waals surface area contributed by atoms with Crippen LogP contribution in [0.4, 0.5) is 0 Å². The Hall–Kier alpha value is -2.07. The second-order valence-electron chi connectivity index (χ2n) is 7.19. The second-order valence-corrected chi connectivity index (χ2v) is 7.19. The molecule has 0 spiro atoms. The highest BCUT2D eigenvalue weighted by Gasteiger charge is 2.37. The minimum atomic E-state index is -1.07. The van der Waals surface area contributed by atoms with Crippen molar-refractivity contribution in [3.63, 3.8) is 0 Å². The molecule has 0 radical (unpaired) electrons. The van der Waals surface area contributed by atoms with Crippen molar-refractivity contribution in [2.45, 2.75) is 46.0 Å². The van der Waals surface area contributed by atoms with Gasteiger partial charge >= 0.3 is 5.97 Å². The van der Waals surface area contributed by atoms with E-state index in [1.54, 1.807) is 6.26 Å². The van der Waals surface area contributed by atoms with E-state index >= 15 is 0 Å². The Labute approximate surface area is 143 Å². The monoisotopic (exact) mass is 328 g/mol. The van der Waals surface area contributed by atoms with Crippen LogP contribution in [0.25, 0.3) is 0 Å². The summed E-state index contributed by atoms with van der Waals surface area (Å²) >= 11 is 0. The molecule has 1 aliphatic heterocycles. The summed E-state index contributed by atoms with van der Waals surface area (Å²) in [6, 6.07) is 0. The van der Waals surface area contributed by atoms with E-state index in [2.05, 4.69) is 45.1 Å². The number of hydrogen-bond acceptors (Lipinski definition) is 4. The van der Waals surface area contributed by atoms with Crippen LogP contribution in [0.1, 0.15) is 33.6 Å². The number of carbonyl (C=O) groups excluding carboxylic acids is 1. The Morgan fingerprint density at radius 2 is 2.08 bits per heavy atom. The third-order valence-corrected chi connectivity index (χ3v) is 4.51. The first-order chi connectivity index (χ1) is 11.4. The summed E-state index contributed by atoms with van der Waals surface area (Å²) in [5, 5.41) is 0. The van der Waals surface area contributed by atoms with E-state index in [1.807, 2.05) is 6.08 Å². The first-order valence-corrected chi connectivity index (χ1v) is 8.29. The van der Waals surface area contributed by atoms with Crippen LogP contribution in [-0.2, 0) is 19.0 Å². The van der Waals surface area contributed by atoms with Crippen LogP contribution in [-0.4, -0.2) is 25.5 Å². The first kappa shape index (κ1) is 16.8. The number of carbonyl (C=O) groups is 1. The lowest BCUT2D eigenvalue weighted by atomic mass is 9.76. The van der Waals surface area contributed by atoms with E-state index in [4.69, 9.17) is 14.2 Å². The molecule has 24 heavy (non-hydrogen) atoms. The minimum Gasteiger partial charge on any atom is -0.464 e. The number of rotatable bonds is 1. The summed E-state index contributed by atoms with van der Waals surface area (Å²) in [6.07, 6.45) is 12.5. The molecule has 0 aromatic rings. The molecule has 2 atom stereocenters. The van der Waals surface area contributed by atoms with Crippen molar-refractivity contribution in [3.8, 4) is 0 Å². The summed E-state index contributed by atoms with van der Waals surface area (Å²) in [7, 11) is 1.34. The molecule has 3 aliphatic rings. The van der Waals surface area contributed by atoms with Crippen LogP contribution in [0.5, 0.6) is 0 Å². The SMILES string of the molecule is COC(=O)C1OC=C2C=CCC/C2=C2\C=CC=C(C(C)(C)C)C2O1. The van der Waals surface area contributed by atoms with E-state index in [0.717, 1.165) is 29.6 Å². The molecule has 0 saturated carbocycles. The maximum Gasteiger partial charge on any atom is 0.376 e. The summed E-state index contributed by atoms with van der Waals surface area (Å²) in [4.78, 5) is 12.0. The van der Waals surface area contributed by atoms with Gasteiger partial charge in [-0.2, -0.15) is 0 Å². The fraction of sp³-hybridized carbons (Fsp3) is 0.450. The van der Waals surface area contributed by atoms with Gasteiger partial charge < -0.3 is 14.2 Å². The summed E-state index contributed by atoms with van der Waals surface area (Å²) < 4.78 is 16.5. The maximum absolute atomic E-state index is 12.0. The zero-order valence-electron chi connectivity index (χ0n) is 14.7. The fourth-order valence-corrected chi connectivity index (χ4v) is 3.25. The largest absolute Gasteiger partial charge is 0.464 e. The van der Waals surface area contributed by atoms with Gasteiger partial charge in [-0.3, -0.25) is 0 Å². The van der Waals surface area contributed by atoms with Crippen LogP contribution in [0.3, 0.4) is 0 Å². The zero-order chi connectivity index (χ0) is 17.3. The van der Waals surface area contributed by atoms with Crippen molar-refractivity contribution in [2.24, 2.45) is 5.41 Å². The van der Waals surface area contributed by atoms with Gasteiger partial charge in [0, 0.05) is 5.57 Å². The van der Waals surface area contributed by atoms with E-state index in [0.29, 0.717) is 0 Å². The molecule has 4 nitrogen and oxygen atoms in total. The van der Waals surface area contributed by atoms with Crippen molar-refractivity contribution < 1.29 is 19.0 Å². The number of hydrogen-bond donors (Lipinski definition) is 0. The van der Waals surface area contributed by atoms with Crippen molar-refractivity contribution in [1.82, 2.24) is 0 Å². The molecule has 0 aromatic heterocycles. The number of esters is 1. The van der Waals surface area contributed by atoms with Gasteiger partial charge in [0.15, 0.2) is 0 Å². The number of allylic oxidation sites excluding steroid dienone is 6. The Balaban J connectivity index is 2.11. The minimum absolute atomic E-state index is 0.0878. The molecule has 128 valence electrons. The Bertz CT molecular complexity index is 683. The Morgan fingerprint density at radius 1 is 1.29 bits per heavy atom. The van der Waals surface area contributed by atoms with Crippen molar-refractivity contribution in [2.75, 3.05) is 7.11 Å². The molecule has 0 amide bonds. The number of fused-ring (bicyclic) bond motifs is 2. The molecule has 3 rings (SSSR count). The molecule has 0 aromatic carbocycles. The lowest BCUT2D eigenvalue weighted by Crippen LogP contribution is -2.38. The average Bonchev–Trinajstić information content (AvgIpc) is 2.55. The van der Waals surface area contributed by atoms with Gasteiger partial charge in [-0.05, 0) is 35.0 Å². The van der Waals surface area contributed by atoms with E-state index < -0.39 is 12.3 Å². The van der Waals surface area contributed by atoms with E-state index in [9.17, 15) is 4.79 Å². The zero-order valence-corrected chi connectivity index (χ0v) is 14.7. The maximum atomic E-state index is 12.0. The summed E-state index contributed by atoms with van der Waals surface area (Å²) in [6.45, 7) is 6.44. The quantitative estimate of drug-likeness (QED) is 0.683. The lowest BCUT2D eigenvalue weighted by Gasteiger charge is -2.37. The molecule has 0 fully saturated rings. The smallest absolute Gasteiger partial charge is 0.376 e. The average molecular weight is 328 g/mol. The standard InChI is InChI=1S/C20H24O4/c1-20(2,3)16-11-7-10-15-14-9-6-5-8-13(14)12-23-19(18(21)22-4)24-17(15)16/h5,7-8,10-12,17,19H,6,9H2,1-4H3/b13-12?,15-14-. The van der Waals surface area contributed by atoms with Crippen molar-refractivity contribution in [3.05, 3.63) is 58.9 Å². The molecule has 0 bridgehead atoms. The third-order valence-electron chi connectivity index (χ3n) is 4.51. The summed E-state index contributed by atoms with van der Waals surface area (Å²) in [5.74, 6) is -0.530. The lowest BCUT2D eigenvalue weighted by molar-refractivity contribution is -0.186. The summed E-state index contributed by atoms with van der Waals surface area (Å²) in [5.41, 5.74) is 4.36. The number of methoxy groups -OCH3 is 1.